The van der Waals surface area contributed by atoms with Crippen LogP contribution in [-0.2, 0) is 25.5 Å². The molecule has 1 aliphatic rings. The van der Waals surface area contributed by atoms with Crippen molar-refractivity contribution < 1.29 is 23.9 Å². The highest BCUT2D eigenvalue weighted by atomic mass is 35.5. The Hall–Kier alpha value is -2.28. The van der Waals surface area contributed by atoms with Crippen molar-refractivity contribution in [3.63, 3.8) is 0 Å². The van der Waals surface area contributed by atoms with Gasteiger partial charge in [-0.05, 0) is 37.5 Å². The Morgan fingerprint density at radius 2 is 1.81 bits per heavy atom. The summed E-state index contributed by atoms with van der Waals surface area (Å²) >= 11 is 5.79. The molecule has 0 spiro atoms. The van der Waals surface area contributed by atoms with Crippen LogP contribution in [0.4, 0.5) is 4.79 Å². The molecule has 0 atom stereocenters. The molecule has 0 saturated carbocycles. The van der Waals surface area contributed by atoms with Gasteiger partial charge in [-0.1, -0.05) is 23.7 Å². The number of halogens is 1. The van der Waals surface area contributed by atoms with Gasteiger partial charge in [-0.2, -0.15) is 0 Å². The lowest BCUT2D eigenvalue weighted by molar-refractivity contribution is -0.148. The second kappa shape index (κ2) is 10.0. The highest BCUT2D eigenvalue weighted by molar-refractivity contribution is 6.30. The van der Waals surface area contributed by atoms with Crippen LogP contribution in [0.15, 0.2) is 24.3 Å². The molecule has 2 rings (SSSR count). The molecule has 1 heterocycles. The molecule has 142 valence electrons. The summed E-state index contributed by atoms with van der Waals surface area (Å²) in [4.78, 5) is 36.9. The van der Waals surface area contributed by atoms with E-state index in [9.17, 15) is 14.4 Å². The second-order valence-electron chi connectivity index (χ2n) is 5.99. The molecule has 8 heteroatoms. The molecule has 1 N–H and O–H groups in total. The van der Waals surface area contributed by atoms with Crippen molar-refractivity contribution in [1.29, 1.82) is 0 Å². The minimum atomic E-state index is -0.473. The van der Waals surface area contributed by atoms with Crippen molar-refractivity contribution in [1.82, 2.24) is 10.2 Å². The predicted molar refractivity (Wildman–Crippen MR) is 95.9 cm³/mol. The number of likely N-dealkylation sites (tertiary alicyclic amines) is 1. The molecular weight excluding hydrogens is 360 g/mol. The lowest BCUT2D eigenvalue weighted by Crippen LogP contribution is -2.47. The molecule has 1 aromatic rings. The standard InChI is InChI=1S/C18H23ClN2O5/c1-2-25-18(24)21-9-7-15(8-10-21)20-16(22)12-26-17(23)11-13-3-5-14(19)6-4-13/h3-6,15H,2,7-12H2,1H3,(H,20,22). The number of hydrogen-bond donors (Lipinski definition) is 1. The minimum Gasteiger partial charge on any atom is -0.455 e. The van der Waals surface area contributed by atoms with Gasteiger partial charge in [0.15, 0.2) is 6.61 Å². The molecule has 7 nitrogen and oxygen atoms in total. The van der Waals surface area contributed by atoms with Crippen molar-refractivity contribution in [3.05, 3.63) is 34.9 Å². The van der Waals surface area contributed by atoms with Gasteiger partial charge in [-0.25, -0.2) is 4.79 Å². The molecule has 0 bridgehead atoms. The Bertz CT molecular complexity index is 627. The van der Waals surface area contributed by atoms with E-state index in [1.54, 1.807) is 36.1 Å². The molecule has 0 aromatic heterocycles. The number of hydrogen-bond acceptors (Lipinski definition) is 5. The Kier molecular flexibility index (Phi) is 7.72. The average Bonchev–Trinajstić information content (AvgIpc) is 2.63. The molecule has 0 radical (unpaired) electrons. The number of amides is 2. The van der Waals surface area contributed by atoms with Gasteiger partial charge in [-0.3, -0.25) is 9.59 Å². The normalized spacial score (nSPS) is 14.6. The van der Waals surface area contributed by atoms with Crippen molar-refractivity contribution in [2.24, 2.45) is 0 Å². The highest BCUT2D eigenvalue weighted by Crippen LogP contribution is 2.12. The summed E-state index contributed by atoms with van der Waals surface area (Å²) in [6.45, 7) is 2.85. The second-order valence-corrected chi connectivity index (χ2v) is 6.43. The molecule has 1 aliphatic heterocycles. The third kappa shape index (κ3) is 6.55. The number of benzene rings is 1. The first-order chi connectivity index (χ1) is 12.5. The van der Waals surface area contributed by atoms with Crippen LogP contribution in [0.5, 0.6) is 0 Å². The first-order valence-corrected chi connectivity index (χ1v) is 8.97. The van der Waals surface area contributed by atoms with Crippen molar-refractivity contribution >= 4 is 29.6 Å². The zero-order valence-electron chi connectivity index (χ0n) is 14.7. The molecule has 0 unspecified atom stereocenters. The summed E-state index contributed by atoms with van der Waals surface area (Å²) in [6.07, 6.45) is 1.04. The van der Waals surface area contributed by atoms with Crippen LogP contribution < -0.4 is 5.32 Å². The van der Waals surface area contributed by atoms with Gasteiger partial charge in [0.25, 0.3) is 5.91 Å². The summed E-state index contributed by atoms with van der Waals surface area (Å²) in [7, 11) is 0. The maximum atomic E-state index is 11.9. The van der Waals surface area contributed by atoms with Gasteiger partial charge in [-0.15, -0.1) is 0 Å². The van der Waals surface area contributed by atoms with E-state index in [0.717, 1.165) is 5.56 Å². The fraction of sp³-hybridized carbons (Fsp3) is 0.500. The first-order valence-electron chi connectivity index (χ1n) is 8.59. The van der Waals surface area contributed by atoms with Gasteiger partial charge in [0, 0.05) is 24.2 Å². The maximum absolute atomic E-state index is 11.9. The summed E-state index contributed by atoms with van der Waals surface area (Å²) in [6, 6.07) is 6.82. The van der Waals surface area contributed by atoms with Crippen LogP contribution in [0.3, 0.4) is 0 Å². The molecule has 2 amide bonds. The first kappa shape index (κ1) is 20.0. The summed E-state index contributed by atoms with van der Waals surface area (Å²) in [5.41, 5.74) is 0.770. The van der Waals surface area contributed by atoms with Gasteiger partial charge in [0.1, 0.15) is 0 Å². The summed E-state index contributed by atoms with van der Waals surface area (Å²) in [5.74, 6) is -0.816. The molecular formula is C18H23ClN2O5. The molecule has 1 fully saturated rings. The van der Waals surface area contributed by atoms with E-state index in [1.807, 2.05) is 0 Å². The largest absolute Gasteiger partial charge is 0.455 e. The number of nitrogens with zero attached hydrogens (tertiary/aromatic N) is 1. The fourth-order valence-corrected chi connectivity index (χ4v) is 2.78. The van der Waals surface area contributed by atoms with E-state index < -0.39 is 5.97 Å². The van der Waals surface area contributed by atoms with Crippen LogP contribution >= 0.6 is 11.6 Å². The minimum absolute atomic E-state index is 0.0388. The summed E-state index contributed by atoms with van der Waals surface area (Å²) in [5, 5.41) is 3.42. The van der Waals surface area contributed by atoms with Crippen molar-refractivity contribution in [2.45, 2.75) is 32.2 Å². The molecule has 0 aliphatic carbocycles. The van der Waals surface area contributed by atoms with Gasteiger partial charge in [0.2, 0.25) is 0 Å². The number of ether oxygens (including phenoxy) is 2. The third-order valence-electron chi connectivity index (χ3n) is 4.01. The van der Waals surface area contributed by atoms with E-state index in [2.05, 4.69) is 5.32 Å². The predicted octanol–water partition coefficient (Wildman–Crippen LogP) is 2.16. The Labute approximate surface area is 157 Å². The van der Waals surface area contributed by atoms with Gasteiger partial charge < -0.3 is 19.7 Å². The van der Waals surface area contributed by atoms with Crippen LogP contribution in [0, 0.1) is 0 Å². The monoisotopic (exact) mass is 382 g/mol. The zero-order chi connectivity index (χ0) is 18.9. The smallest absolute Gasteiger partial charge is 0.409 e. The number of esters is 1. The Morgan fingerprint density at radius 1 is 1.15 bits per heavy atom. The van der Waals surface area contributed by atoms with E-state index in [-0.39, 0.29) is 31.1 Å². The quantitative estimate of drug-likeness (QED) is 0.762. The van der Waals surface area contributed by atoms with Crippen LogP contribution in [-0.4, -0.2) is 55.2 Å². The Morgan fingerprint density at radius 3 is 2.42 bits per heavy atom. The number of nitrogens with one attached hydrogen (secondary N) is 1. The lowest BCUT2D eigenvalue weighted by atomic mass is 10.1. The topological polar surface area (TPSA) is 84.9 Å². The number of carbonyl (C=O) groups is 3. The fourth-order valence-electron chi connectivity index (χ4n) is 2.66. The zero-order valence-corrected chi connectivity index (χ0v) is 15.5. The van der Waals surface area contributed by atoms with Crippen LogP contribution in [0.2, 0.25) is 5.02 Å². The SMILES string of the molecule is CCOC(=O)N1CCC(NC(=O)COC(=O)Cc2ccc(Cl)cc2)CC1. The maximum Gasteiger partial charge on any atom is 0.409 e. The average molecular weight is 383 g/mol. The molecule has 26 heavy (non-hydrogen) atoms. The summed E-state index contributed by atoms with van der Waals surface area (Å²) < 4.78 is 9.96. The van der Waals surface area contributed by atoms with E-state index >= 15 is 0 Å². The van der Waals surface area contributed by atoms with Crippen molar-refractivity contribution in [3.8, 4) is 0 Å². The van der Waals surface area contributed by atoms with Crippen molar-refractivity contribution in [2.75, 3.05) is 26.3 Å². The van der Waals surface area contributed by atoms with E-state index in [1.165, 1.54) is 0 Å². The number of piperidine rings is 1. The number of carbonyl (C=O) groups excluding carboxylic acids is 3. The van der Waals surface area contributed by atoms with Crippen LogP contribution in [0.25, 0.3) is 0 Å². The van der Waals surface area contributed by atoms with Crippen LogP contribution in [0.1, 0.15) is 25.3 Å². The van der Waals surface area contributed by atoms with E-state index in [0.29, 0.717) is 37.6 Å². The van der Waals surface area contributed by atoms with E-state index in [4.69, 9.17) is 21.1 Å². The molecule has 1 saturated heterocycles. The Balaban J connectivity index is 1.65. The molecule has 1 aromatic carbocycles. The third-order valence-corrected chi connectivity index (χ3v) is 4.26. The van der Waals surface area contributed by atoms with Gasteiger partial charge >= 0.3 is 12.1 Å². The number of rotatable bonds is 6. The van der Waals surface area contributed by atoms with Gasteiger partial charge in [0.05, 0.1) is 13.0 Å². The lowest BCUT2D eigenvalue weighted by Gasteiger charge is -2.31. The highest BCUT2D eigenvalue weighted by Gasteiger charge is 2.24.